The molecule has 2 heterocycles. The van der Waals surface area contributed by atoms with Crippen LogP contribution in [-0.4, -0.2) is 81.5 Å². The Balaban J connectivity index is 1.29. The Kier molecular flexibility index (Phi) is 9.67. The van der Waals surface area contributed by atoms with Gasteiger partial charge in [0, 0.05) is 40.3 Å². The summed E-state index contributed by atoms with van der Waals surface area (Å²) in [4.78, 5) is 46.7. The standard InChI is InChI=1S/C34H49N3O6S/c1-6-32(4)15-27(33(5)21(2)9-11-34(22(3)31(32)42)12-10-26(39)30(33)34)43-29(41)20-44-25-14-23(16-35-17-25)36-28(40)18-37-13-7-8-24(37)19-38/h6,14,16-17,21-22,24,27,30-31,38,42H,1,7-13,15,18-20H2,2-5H3,(H,36,40)/t21-,22+,24+,27-,30+,31+,32-,33+,34+/m1/s1. The summed E-state index contributed by atoms with van der Waals surface area (Å²) < 4.78 is 6.34. The summed E-state index contributed by atoms with van der Waals surface area (Å²) in [5.74, 6) is -0.456. The fourth-order valence-corrected chi connectivity index (χ4v) is 9.80. The number of amides is 1. The topological polar surface area (TPSA) is 129 Å². The average Bonchev–Trinajstić information content (AvgIpc) is 3.60. The molecule has 44 heavy (non-hydrogen) atoms. The van der Waals surface area contributed by atoms with Crippen LogP contribution in [0.2, 0.25) is 0 Å². The Labute approximate surface area is 265 Å². The molecule has 0 aromatic carbocycles. The third-order valence-corrected chi connectivity index (χ3v) is 12.9. The van der Waals surface area contributed by atoms with Gasteiger partial charge in [0.1, 0.15) is 11.9 Å². The molecule has 3 aliphatic carbocycles. The van der Waals surface area contributed by atoms with E-state index >= 15 is 0 Å². The van der Waals surface area contributed by atoms with Crippen molar-refractivity contribution >= 4 is 35.1 Å². The van der Waals surface area contributed by atoms with Gasteiger partial charge in [0.05, 0.1) is 36.9 Å². The number of nitrogens with one attached hydrogen (secondary N) is 1. The molecule has 1 amide bonds. The van der Waals surface area contributed by atoms with Crippen LogP contribution in [0, 0.1) is 34.0 Å². The summed E-state index contributed by atoms with van der Waals surface area (Å²) in [6, 6.07) is 1.80. The van der Waals surface area contributed by atoms with Gasteiger partial charge in [-0.05, 0) is 68.4 Å². The van der Waals surface area contributed by atoms with Gasteiger partial charge in [0.2, 0.25) is 5.91 Å². The number of likely N-dealkylation sites (tertiary alicyclic amines) is 1. The summed E-state index contributed by atoms with van der Waals surface area (Å²) >= 11 is 1.28. The van der Waals surface area contributed by atoms with Crippen molar-refractivity contribution in [3.8, 4) is 0 Å². The summed E-state index contributed by atoms with van der Waals surface area (Å²) in [5, 5.41) is 24.1. The number of carbonyl (C=O) groups is 3. The highest BCUT2D eigenvalue weighted by Crippen LogP contribution is 2.68. The number of hydrogen-bond donors (Lipinski definition) is 3. The van der Waals surface area contributed by atoms with Gasteiger partial charge in [-0.1, -0.05) is 33.8 Å². The van der Waals surface area contributed by atoms with Crippen molar-refractivity contribution in [3.05, 3.63) is 31.1 Å². The fourth-order valence-electron chi connectivity index (χ4n) is 9.10. The summed E-state index contributed by atoms with van der Waals surface area (Å²) in [5.41, 5.74) is -1.01. The number of ether oxygens (including phenoxy) is 1. The molecule has 9 nitrogen and oxygen atoms in total. The number of nitrogens with zero attached hydrogens (tertiary/aromatic N) is 2. The number of Topliss-reactive ketones (excluding diaryl/α,β-unsaturated/α-hetero) is 1. The zero-order chi connectivity index (χ0) is 31.9. The van der Waals surface area contributed by atoms with E-state index in [4.69, 9.17) is 4.74 Å². The van der Waals surface area contributed by atoms with Crippen LogP contribution < -0.4 is 5.32 Å². The van der Waals surface area contributed by atoms with E-state index in [1.54, 1.807) is 24.5 Å². The van der Waals surface area contributed by atoms with Crippen LogP contribution in [0.25, 0.3) is 0 Å². The van der Waals surface area contributed by atoms with Gasteiger partial charge >= 0.3 is 5.97 Å². The number of esters is 1. The van der Waals surface area contributed by atoms with Gasteiger partial charge in [-0.15, -0.1) is 18.3 Å². The molecule has 0 radical (unpaired) electrons. The number of rotatable bonds is 9. The summed E-state index contributed by atoms with van der Waals surface area (Å²) in [7, 11) is 0. The number of aliphatic hydroxyl groups excluding tert-OH is 2. The quantitative estimate of drug-likeness (QED) is 0.206. The van der Waals surface area contributed by atoms with Crippen molar-refractivity contribution in [2.45, 2.75) is 95.8 Å². The van der Waals surface area contributed by atoms with Gasteiger partial charge in [0.15, 0.2) is 0 Å². The zero-order valence-electron chi connectivity index (χ0n) is 26.6. The first-order valence-electron chi connectivity index (χ1n) is 16.1. The van der Waals surface area contributed by atoms with E-state index in [1.165, 1.54) is 11.8 Å². The van der Waals surface area contributed by atoms with Crippen molar-refractivity contribution in [2.24, 2.45) is 34.0 Å². The highest BCUT2D eigenvalue weighted by Gasteiger charge is 2.68. The molecule has 4 fully saturated rings. The van der Waals surface area contributed by atoms with Gasteiger partial charge in [-0.3, -0.25) is 24.3 Å². The highest BCUT2D eigenvalue weighted by atomic mass is 32.2. The van der Waals surface area contributed by atoms with E-state index in [1.807, 2.05) is 11.8 Å². The van der Waals surface area contributed by atoms with E-state index in [0.717, 1.165) is 38.6 Å². The van der Waals surface area contributed by atoms with E-state index in [2.05, 4.69) is 37.7 Å². The van der Waals surface area contributed by atoms with E-state index in [9.17, 15) is 24.6 Å². The normalized spacial score (nSPS) is 38.8. The molecule has 9 atom stereocenters. The predicted octanol–water partition coefficient (Wildman–Crippen LogP) is 4.48. The molecule has 3 N–H and O–H groups in total. The largest absolute Gasteiger partial charge is 0.461 e. The number of hydrogen-bond acceptors (Lipinski definition) is 9. The lowest BCUT2D eigenvalue weighted by Gasteiger charge is -2.61. The maximum atomic E-state index is 13.6. The van der Waals surface area contributed by atoms with Gasteiger partial charge in [-0.2, -0.15) is 0 Å². The molecule has 5 rings (SSSR count). The lowest BCUT2D eigenvalue weighted by Crippen LogP contribution is -2.63. The minimum Gasteiger partial charge on any atom is -0.461 e. The number of pyridine rings is 1. The summed E-state index contributed by atoms with van der Waals surface area (Å²) in [6.07, 6.45) is 9.10. The molecular formula is C34H49N3O6S. The fraction of sp³-hybridized carbons (Fsp3) is 0.706. The van der Waals surface area contributed by atoms with Crippen LogP contribution in [0.4, 0.5) is 5.69 Å². The van der Waals surface area contributed by atoms with Crippen LogP contribution in [0.1, 0.15) is 72.6 Å². The smallest absolute Gasteiger partial charge is 0.316 e. The van der Waals surface area contributed by atoms with Crippen molar-refractivity contribution in [1.29, 1.82) is 0 Å². The highest BCUT2D eigenvalue weighted by molar-refractivity contribution is 8.00. The van der Waals surface area contributed by atoms with Crippen LogP contribution >= 0.6 is 11.8 Å². The van der Waals surface area contributed by atoms with E-state index in [0.29, 0.717) is 23.4 Å². The van der Waals surface area contributed by atoms with E-state index < -0.39 is 23.0 Å². The molecule has 0 spiro atoms. The van der Waals surface area contributed by atoms with Crippen LogP contribution in [0.15, 0.2) is 36.0 Å². The van der Waals surface area contributed by atoms with Crippen LogP contribution in [-0.2, 0) is 19.1 Å². The molecular weight excluding hydrogens is 578 g/mol. The number of ketones is 1. The molecule has 1 aromatic rings. The lowest BCUT2D eigenvalue weighted by molar-refractivity contribution is -0.205. The average molecular weight is 628 g/mol. The number of carbonyl (C=O) groups excluding carboxylic acids is 3. The first-order chi connectivity index (χ1) is 20.9. The minimum atomic E-state index is -0.703. The maximum Gasteiger partial charge on any atom is 0.316 e. The lowest BCUT2D eigenvalue weighted by atomic mass is 9.44. The monoisotopic (exact) mass is 627 g/mol. The van der Waals surface area contributed by atoms with Crippen molar-refractivity contribution in [2.75, 3.05) is 30.8 Å². The molecule has 10 heteroatoms. The molecule has 1 aliphatic heterocycles. The number of thioether (sulfide) groups is 1. The van der Waals surface area contributed by atoms with Crippen LogP contribution in [0.3, 0.4) is 0 Å². The van der Waals surface area contributed by atoms with Crippen molar-refractivity contribution in [1.82, 2.24) is 9.88 Å². The second-order valence-corrected chi connectivity index (χ2v) is 15.3. The first-order valence-corrected chi connectivity index (χ1v) is 17.1. The van der Waals surface area contributed by atoms with Gasteiger partial charge in [-0.25, -0.2) is 0 Å². The molecule has 4 aliphatic rings. The third-order valence-electron chi connectivity index (χ3n) is 12.0. The van der Waals surface area contributed by atoms with Crippen molar-refractivity contribution in [3.63, 3.8) is 0 Å². The maximum absolute atomic E-state index is 13.6. The van der Waals surface area contributed by atoms with Gasteiger partial charge in [0.25, 0.3) is 0 Å². The first kappa shape index (κ1) is 33.1. The third kappa shape index (κ3) is 5.87. The second-order valence-electron chi connectivity index (χ2n) is 14.3. The Morgan fingerprint density at radius 1 is 1.25 bits per heavy atom. The Bertz CT molecular complexity index is 1280. The van der Waals surface area contributed by atoms with Crippen LogP contribution in [0.5, 0.6) is 0 Å². The Morgan fingerprint density at radius 2 is 2.02 bits per heavy atom. The molecule has 242 valence electrons. The van der Waals surface area contributed by atoms with Crippen molar-refractivity contribution < 1.29 is 29.3 Å². The summed E-state index contributed by atoms with van der Waals surface area (Å²) in [6.45, 7) is 13.5. The SMILES string of the molecule is C=C[C@]1(C)C[C@@H](OC(=O)CSc2cncc(NC(=O)CN3CCC[C@H]3CO)c2)[C@]2(C)[C@H](C)CC[C@]3(CCC(=O)[C@H]32)[C@@H](C)[C@@H]1O. The van der Waals surface area contributed by atoms with E-state index in [-0.39, 0.29) is 65.8 Å². The Morgan fingerprint density at radius 3 is 2.75 bits per heavy atom. The number of aliphatic hydroxyl groups is 2. The molecule has 1 saturated heterocycles. The second kappa shape index (κ2) is 12.9. The van der Waals surface area contributed by atoms with Gasteiger partial charge < -0.3 is 20.3 Å². The molecule has 3 saturated carbocycles. The molecule has 1 aromatic heterocycles. The minimum absolute atomic E-state index is 0.0164. The molecule has 0 unspecified atom stereocenters. The molecule has 2 bridgehead atoms. The zero-order valence-corrected chi connectivity index (χ0v) is 27.4. The number of anilines is 1. The predicted molar refractivity (Wildman–Crippen MR) is 170 cm³/mol. The number of aromatic nitrogens is 1. The Hall–Kier alpha value is -2.27.